The summed E-state index contributed by atoms with van der Waals surface area (Å²) in [5.41, 5.74) is -0.408. The molecule has 0 aromatic rings. The van der Waals surface area contributed by atoms with Crippen LogP contribution in [0, 0.1) is 5.41 Å². The van der Waals surface area contributed by atoms with Crippen LogP contribution in [0.1, 0.15) is 20.8 Å². The standard InChI is InChI=1S/C39H74O18S/c1-35(2)37(41)57-33-36(40)32-55-30-31-58-34-39(3,4)38(42)56-29-28-54-27-26-53-25-24-52-23-22-51-21-20-50-19-18-49-17-16-48-15-14-47-13-12-46-11-10-45-9-8-44-7-6-43-5/h36,40H,1,6-34H2,2-5H3. The van der Waals surface area contributed by atoms with E-state index in [2.05, 4.69) is 6.58 Å². The average molecular weight is 863 g/mol. The summed E-state index contributed by atoms with van der Waals surface area (Å²) in [6, 6.07) is 0. The zero-order chi connectivity index (χ0) is 42.6. The summed E-state index contributed by atoms with van der Waals surface area (Å²) in [5.74, 6) is 0.319. The highest BCUT2D eigenvalue weighted by atomic mass is 32.2. The number of ether oxygens (including phenoxy) is 15. The number of carbonyl (C=O) groups excluding carboxylic acids is 2. The summed E-state index contributed by atoms with van der Waals surface area (Å²) in [7, 11) is 1.64. The normalized spacial score (nSPS) is 12.2. The first kappa shape index (κ1) is 56.5. The van der Waals surface area contributed by atoms with Crippen molar-refractivity contribution < 1.29 is 85.7 Å². The summed E-state index contributed by atoms with van der Waals surface area (Å²) in [6.45, 7) is 20.1. The first-order valence-electron chi connectivity index (χ1n) is 19.9. The van der Waals surface area contributed by atoms with E-state index in [4.69, 9.17) is 71.1 Å². The first-order chi connectivity index (χ1) is 28.2. The van der Waals surface area contributed by atoms with Crippen molar-refractivity contribution in [3.05, 3.63) is 12.2 Å². The lowest BCUT2D eigenvalue weighted by Gasteiger charge is -2.22. The van der Waals surface area contributed by atoms with Gasteiger partial charge in [-0.15, -0.1) is 0 Å². The van der Waals surface area contributed by atoms with Crippen molar-refractivity contribution in [2.24, 2.45) is 5.41 Å². The highest BCUT2D eigenvalue weighted by Crippen LogP contribution is 2.23. The van der Waals surface area contributed by atoms with Gasteiger partial charge in [0.15, 0.2) is 0 Å². The van der Waals surface area contributed by atoms with E-state index in [1.165, 1.54) is 6.92 Å². The lowest BCUT2D eigenvalue weighted by molar-refractivity contribution is -0.154. The number of esters is 2. The molecule has 19 heteroatoms. The molecule has 58 heavy (non-hydrogen) atoms. The van der Waals surface area contributed by atoms with Crippen molar-refractivity contribution in [1.82, 2.24) is 0 Å². The Labute approximate surface area is 350 Å². The molecular formula is C39H74O18S. The van der Waals surface area contributed by atoms with Gasteiger partial charge in [0.1, 0.15) is 19.3 Å². The minimum absolute atomic E-state index is 0.0437. The molecule has 0 aliphatic heterocycles. The van der Waals surface area contributed by atoms with Crippen LogP contribution in [0.5, 0.6) is 0 Å². The smallest absolute Gasteiger partial charge is 0.333 e. The van der Waals surface area contributed by atoms with Crippen LogP contribution in [0.15, 0.2) is 12.2 Å². The van der Waals surface area contributed by atoms with Gasteiger partial charge in [-0.25, -0.2) is 4.79 Å². The molecule has 0 saturated heterocycles. The third-order valence-corrected chi connectivity index (χ3v) is 8.45. The Kier molecular flexibility index (Phi) is 42.4. The molecular weight excluding hydrogens is 788 g/mol. The number of thioether (sulfide) groups is 1. The van der Waals surface area contributed by atoms with Gasteiger partial charge >= 0.3 is 11.9 Å². The lowest BCUT2D eigenvalue weighted by Crippen LogP contribution is -2.30. The van der Waals surface area contributed by atoms with E-state index in [0.717, 1.165) is 0 Å². The van der Waals surface area contributed by atoms with Crippen LogP contribution >= 0.6 is 11.8 Å². The van der Waals surface area contributed by atoms with Gasteiger partial charge in [0.2, 0.25) is 0 Å². The molecule has 0 radical (unpaired) electrons. The van der Waals surface area contributed by atoms with Crippen LogP contribution in [-0.2, 0) is 80.6 Å². The minimum Gasteiger partial charge on any atom is -0.463 e. The Bertz CT molecular complexity index is 931. The fourth-order valence-electron chi connectivity index (χ4n) is 3.90. The molecule has 0 amide bonds. The summed E-state index contributed by atoms with van der Waals surface area (Å²) in [4.78, 5) is 23.8. The minimum atomic E-state index is -0.912. The predicted octanol–water partition coefficient (Wildman–Crippen LogP) is 1.61. The highest BCUT2D eigenvalue weighted by molar-refractivity contribution is 7.99. The van der Waals surface area contributed by atoms with Crippen molar-refractivity contribution in [3.63, 3.8) is 0 Å². The van der Waals surface area contributed by atoms with E-state index in [9.17, 15) is 14.7 Å². The SMILES string of the molecule is C=C(C)C(=O)OCC(O)COCCSCC(C)(C)C(=O)OCCOCCOCCOCCOCCOCCOCCOCCOCCOCCOCCOCCOC. The van der Waals surface area contributed by atoms with Gasteiger partial charge in [0.25, 0.3) is 0 Å². The zero-order valence-electron chi connectivity index (χ0n) is 35.6. The van der Waals surface area contributed by atoms with E-state index in [-0.39, 0.29) is 38.0 Å². The second-order valence-corrected chi connectivity index (χ2v) is 14.0. The second kappa shape index (κ2) is 43.6. The van der Waals surface area contributed by atoms with Crippen LogP contribution < -0.4 is 0 Å². The number of aliphatic hydroxyl groups excluding tert-OH is 1. The quantitative estimate of drug-likeness (QED) is 0.0527. The van der Waals surface area contributed by atoms with Crippen molar-refractivity contribution in [2.75, 3.05) is 197 Å². The molecule has 0 heterocycles. The molecule has 0 saturated carbocycles. The molecule has 1 atom stereocenters. The van der Waals surface area contributed by atoms with Gasteiger partial charge < -0.3 is 76.2 Å². The van der Waals surface area contributed by atoms with Crippen LogP contribution in [0.4, 0.5) is 0 Å². The Balaban J connectivity index is 3.31. The molecule has 0 fully saturated rings. The van der Waals surface area contributed by atoms with Gasteiger partial charge in [0.05, 0.1) is 171 Å². The Morgan fingerprint density at radius 1 is 0.500 bits per heavy atom. The van der Waals surface area contributed by atoms with E-state index in [0.29, 0.717) is 163 Å². The van der Waals surface area contributed by atoms with Crippen molar-refractivity contribution in [3.8, 4) is 0 Å². The average Bonchev–Trinajstić information content (AvgIpc) is 3.20. The van der Waals surface area contributed by atoms with E-state index < -0.39 is 17.5 Å². The van der Waals surface area contributed by atoms with Crippen LogP contribution in [0.3, 0.4) is 0 Å². The number of aliphatic hydroxyl groups is 1. The number of methoxy groups -OCH3 is 1. The van der Waals surface area contributed by atoms with Crippen molar-refractivity contribution in [2.45, 2.75) is 26.9 Å². The van der Waals surface area contributed by atoms with Crippen LogP contribution in [0.2, 0.25) is 0 Å². The number of rotatable bonds is 47. The largest absolute Gasteiger partial charge is 0.463 e. The monoisotopic (exact) mass is 862 g/mol. The van der Waals surface area contributed by atoms with Gasteiger partial charge in [-0.1, -0.05) is 6.58 Å². The fourth-order valence-corrected chi connectivity index (χ4v) is 4.91. The number of hydrogen-bond acceptors (Lipinski definition) is 19. The van der Waals surface area contributed by atoms with E-state index in [1.807, 2.05) is 13.8 Å². The van der Waals surface area contributed by atoms with Crippen LogP contribution in [0.25, 0.3) is 0 Å². The van der Waals surface area contributed by atoms with Gasteiger partial charge in [-0.2, -0.15) is 11.8 Å². The zero-order valence-corrected chi connectivity index (χ0v) is 36.4. The van der Waals surface area contributed by atoms with Gasteiger partial charge in [-0.3, -0.25) is 4.79 Å². The molecule has 0 rings (SSSR count). The molecule has 0 spiro atoms. The van der Waals surface area contributed by atoms with Crippen LogP contribution in [-0.4, -0.2) is 220 Å². The molecule has 1 N–H and O–H groups in total. The Hall–Kier alpha value is -1.53. The Morgan fingerprint density at radius 3 is 1.16 bits per heavy atom. The van der Waals surface area contributed by atoms with Crippen molar-refractivity contribution in [1.29, 1.82) is 0 Å². The molecule has 0 aromatic heterocycles. The van der Waals surface area contributed by atoms with E-state index >= 15 is 0 Å². The lowest BCUT2D eigenvalue weighted by atomic mass is 9.97. The summed E-state index contributed by atoms with van der Waals surface area (Å²) < 4.78 is 80.5. The third kappa shape index (κ3) is 41.2. The van der Waals surface area contributed by atoms with Gasteiger partial charge in [0, 0.05) is 24.2 Å². The molecule has 18 nitrogen and oxygen atoms in total. The molecule has 344 valence electrons. The Morgan fingerprint density at radius 2 is 0.828 bits per heavy atom. The first-order valence-corrected chi connectivity index (χ1v) is 21.0. The molecule has 0 aromatic carbocycles. The van der Waals surface area contributed by atoms with E-state index in [1.54, 1.807) is 18.9 Å². The fraction of sp³-hybridized carbons (Fsp3) is 0.897. The molecule has 0 bridgehead atoms. The second-order valence-electron chi connectivity index (χ2n) is 12.9. The predicted molar refractivity (Wildman–Crippen MR) is 216 cm³/mol. The summed E-state index contributed by atoms with van der Waals surface area (Å²) in [5, 5.41) is 9.80. The van der Waals surface area contributed by atoms with Gasteiger partial charge in [-0.05, 0) is 20.8 Å². The maximum absolute atomic E-state index is 12.5. The maximum atomic E-state index is 12.5. The third-order valence-electron chi connectivity index (χ3n) is 7.07. The molecule has 0 aliphatic rings. The highest BCUT2D eigenvalue weighted by Gasteiger charge is 2.29. The van der Waals surface area contributed by atoms with Crippen molar-refractivity contribution >= 4 is 23.7 Å². The molecule has 0 aliphatic carbocycles. The number of carbonyl (C=O) groups is 2. The maximum Gasteiger partial charge on any atom is 0.333 e. The summed E-state index contributed by atoms with van der Waals surface area (Å²) in [6.07, 6.45) is -0.912. The molecule has 1 unspecified atom stereocenters. The summed E-state index contributed by atoms with van der Waals surface area (Å²) >= 11 is 1.55. The topological polar surface area (TPSA) is 193 Å². The number of hydrogen-bond donors (Lipinski definition) is 1.